The largest absolute Gasteiger partial charge is 0.456 e. The summed E-state index contributed by atoms with van der Waals surface area (Å²) in [6.45, 7) is 0. The maximum atomic E-state index is 6.13. The quantitative estimate of drug-likeness (QED) is 0.204. The molecule has 0 fully saturated rings. The Labute approximate surface area is 262 Å². The zero-order valence-electron chi connectivity index (χ0n) is 24.1. The molecule has 0 radical (unpaired) electrons. The first-order chi connectivity index (χ1) is 22.3. The van der Waals surface area contributed by atoms with Gasteiger partial charge in [-0.25, -0.2) is 0 Å². The van der Waals surface area contributed by atoms with E-state index in [1.807, 2.05) is 23.6 Å². The van der Waals surface area contributed by atoms with Gasteiger partial charge in [0.2, 0.25) is 0 Å². The van der Waals surface area contributed by atoms with Gasteiger partial charge in [0.1, 0.15) is 11.2 Å². The number of pyridine rings is 1. The van der Waals surface area contributed by atoms with Crippen LogP contribution in [-0.2, 0) is 0 Å². The van der Waals surface area contributed by atoms with Crippen LogP contribution in [0.4, 0.5) is 0 Å². The summed E-state index contributed by atoms with van der Waals surface area (Å²) >= 11 is 1.88. The van der Waals surface area contributed by atoms with Gasteiger partial charge in [-0.15, -0.1) is 11.3 Å². The Morgan fingerprint density at radius 3 is 2.22 bits per heavy atom. The molecule has 10 rings (SSSR count). The second-order valence-electron chi connectivity index (χ2n) is 11.6. The van der Waals surface area contributed by atoms with Crippen molar-refractivity contribution in [3.63, 3.8) is 0 Å². The molecule has 0 unspecified atom stereocenters. The van der Waals surface area contributed by atoms with Crippen LogP contribution in [-0.4, -0.2) is 9.55 Å². The fourth-order valence-electron chi connectivity index (χ4n) is 7.00. The first-order valence-corrected chi connectivity index (χ1v) is 15.9. The minimum absolute atomic E-state index is 0.863. The Morgan fingerprint density at radius 1 is 0.511 bits per heavy atom. The summed E-state index contributed by atoms with van der Waals surface area (Å²) < 4.78 is 11.2. The fraction of sp³-hybridized carbons (Fsp3) is 0. The van der Waals surface area contributed by atoms with Crippen LogP contribution in [0.2, 0.25) is 0 Å². The van der Waals surface area contributed by atoms with Crippen LogP contribution >= 0.6 is 11.3 Å². The van der Waals surface area contributed by atoms with Crippen LogP contribution in [0, 0.1) is 0 Å². The number of fused-ring (bicyclic) bond motifs is 9. The van der Waals surface area contributed by atoms with Crippen molar-refractivity contribution in [2.45, 2.75) is 0 Å². The molecule has 0 spiro atoms. The molecule has 10 aromatic rings. The van der Waals surface area contributed by atoms with Crippen LogP contribution in [0.3, 0.4) is 0 Å². The molecule has 4 heteroatoms. The highest BCUT2D eigenvalue weighted by atomic mass is 32.1. The smallest absolute Gasteiger partial charge is 0.138 e. The van der Waals surface area contributed by atoms with Gasteiger partial charge in [0.05, 0.1) is 11.0 Å². The second-order valence-corrected chi connectivity index (χ2v) is 12.6. The van der Waals surface area contributed by atoms with Gasteiger partial charge in [-0.2, -0.15) is 0 Å². The monoisotopic (exact) mass is 592 g/mol. The topological polar surface area (TPSA) is 31.0 Å². The number of hydrogen-bond acceptors (Lipinski definition) is 3. The first-order valence-electron chi connectivity index (χ1n) is 15.1. The molecule has 4 aromatic heterocycles. The Balaban J connectivity index is 1.10. The molecule has 6 aromatic carbocycles. The Morgan fingerprint density at radius 2 is 1.29 bits per heavy atom. The summed E-state index contributed by atoms with van der Waals surface area (Å²) in [6, 6.07) is 48.3. The van der Waals surface area contributed by atoms with Crippen molar-refractivity contribution in [3.8, 4) is 27.9 Å². The maximum Gasteiger partial charge on any atom is 0.138 e. The number of para-hydroxylation sites is 1. The third-order valence-electron chi connectivity index (χ3n) is 9.12. The average Bonchev–Trinajstić information content (AvgIpc) is 3.77. The molecule has 0 aliphatic heterocycles. The summed E-state index contributed by atoms with van der Waals surface area (Å²) in [7, 11) is 0. The molecule has 0 aliphatic rings. The van der Waals surface area contributed by atoms with Crippen LogP contribution in [0.1, 0.15) is 0 Å². The molecular weight excluding hydrogens is 569 g/mol. The lowest BCUT2D eigenvalue weighted by Crippen LogP contribution is -1.93. The van der Waals surface area contributed by atoms with E-state index in [0.717, 1.165) is 38.8 Å². The number of nitrogens with zero attached hydrogens (tertiary/aromatic N) is 2. The van der Waals surface area contributed by atoms with Crippen LogP contribution in [0.25, 0.3) is 91.9 Å². The maximum absolute atomic E-state index is 6.13. The van der Waals surface area contributed by atoms with Crippen molar-refractivity contribution in [2.75, 3.05) is 0 Å². The minimum atomic E-state index is 0.863. The summed E-state index contributed by atoms with van der Waals surface area (Å²) in [6.07, 6.45) is 3.64. The van der Waals surface area contributed by atoms with Crippen molar-refractivity contribution in [3.05, 3.63) is 146 Å². The summed E-state index contributed by atoms with van der Waals surface area (Å²) in [5.74, 6) is 0. The van der Waals surface area contributed by atoms with E-state index >= 15 is 0 Å². The van der Waals surface area contributed by atoms with E-state index in [9.17, 15) is 0 Å². The number of rotatable bonds is 3. The predicted octanol–water partition coefficient (Wildman–Crippen LogP) is 11.8. The van der Waals surface area contributed by atoms with E-state index in [-0.39, 0.29) is 0 Å². The molecule has 0 saturated carbocycles. The Bertz CT molecular complexity index is 2760. The Hall–Kier alpha value is -5.71. The van der Waals surface area contributed by atoms with E-state index < -0.39 is 0 Å². The third kappa shape index (κ3) is 3.67. The molecule has 0 atom stereocenters. The van der Waals surface area contributed by atoms with E-state index in [0.29, 0.717) is 0 Å². The van der Waals surface area contributed by atoms with E-state index in [1.165, 1.54) is 53.1 Å². The molecule has 0 saturated heterocycles. The molecular formula is C41H24N2OS. The van der Waals surface area contributed by atoms with Crippen molar-refractivity contribution in [1.82, 2.24) is 9.55 Å². The normalized spacial score (nSPS) is 12.0. The van der Waals surface area contributed by atoms with E-state index in [1.54, 1.807) is 6.20 Å². The molecule has 0 aliphatic carbocycles. The molecule has 4 heterocycles. The van der Waals surface area contributed by atoms with Gasteiger partial charge >= 0.3 is 0 Å². The van der Waals surface area contributed by atoms with Crippen molar-refractivity contribution < 1.29 is 4.42 Å². The average molecular weight is 593 g/mol. The highest BCUT2D eigenvalue weighted by molar-refractivity contribution is 7.26. The molecule has 210 valence electrons. The molecule has 0 N–H and O–H groups in total. The lowest BCUT2D eigenvalue weighted by Gasteiger charge is -2.10. The first kappa shape index (κ1) is 24.7. The highest BCUT2D eigenvalue weighted by Crippen LogP contribution is 2.42. The summed E-state index contributed by atoms with van der Waals surface area (Å²) in [5, 5.41) is 7.31. The van der Waals surface area contributed by atoms with Gasteiger partial charge in [0.15, 0.2) is 0 Å². The van der Waals surface area contributed by atoms with Gasteiger partial charge < -0.3 is 8.98 Å². The number of furan rings is 1. The SMILES string of the molecule is c1ccc2c(c1)sc1c(-c3ccc4c(c3)c3ccccc3n4-c3ccc(-c4ccc5c(c4)oc4ccncc45)cc3)cccc12. The van der Waals surface area contributed by atoms with Crippen molar-refractivity contribution in [1.29, 1.82) is 0 Å². The van der Waals surface area contributed by atoms with Gasteiger partial charge in [0.25, 0.3) is 0 Å². The number of hydrogen-bond donors (Lipinski definition) is 0. The van der Waals surface area contributed by atoms with Crippen LogP contribution in [0.15, 0.2) is 150 Å². The van der Waals surface area contributed by atoms with Gasteiger partial charge in [0, 0.05) is 59.8 Å². The van der Waals surface area contributed by atoms with Crippen LogP contribution in [0.5, 0.6) is 0 Å². The molecule has 3 nitrogen and oxygen atoms in total. The molecule has 45 heavy (non-hydrogen) atoms. The number of aromatic nitrogens is 2. The van der Waals surface area contributed by atoms with Gasteiger partial charge in [-0.3, -0.25) is 4.98 Å². The van der Waals surface area contributed by atoms with Gasteiger partial charge in [-0.1, -0.05) is 78.9 Å². The molecule has 0 amide bonds. The Kier molecular flexibility index (Phi) is 5.16. The fourth-order valence-corrected chi connectivity index (χ4v) is 8.23. The summed E-state index contributed by atoms with van der Waals surface area (Å²) in [5.41, 5.74) is 10.1. The lowest BCUT2D eigenvalue weighted by atomic mass is 10.0. The van der Waals surface area contributed by atoms with Crippen LogP contribution < -0.4 is 0 Å². The van der Waals surface area contributed by atoms with Gasteiger partial charge in [-0.05, 0) is 76.9 Å². The van der Waals surface area contributed by atoms with Crippen molar-refractivity contribution in [2.24, 2.45) is 0 Å². The minimum Gasteiger partial charge on any atom is -0.456 e. The number of benzene rings is 6. The highest BCUT2D eigenvalue weighted by Gasteiger charge is 2.16. The zero-order valence-corrected chi connectivity index (χ0v) is 24.9. The zero-order chi connectivity index (χ0) is 29.5. The summed E-state index contributed by atoms with van der Waals surface area (Å²) in [4.78, 5) is 4.27. The van der Waals surface area contributed by atoms with E-state index in [2.05, 4.69) is 137 Å². The molecule has 0 bridgehead atoms. The second kappa shape index (κ2) is 9.39. The van der Waals surface area contributed by atoms with E-state index in [4.69, 9.17) is 4.42 Å². The third-order valence-corrected chi connectivity index (χ3v) is 10.3. The predicted molar refractivity (Wildman–Crippen MR) is 190 cm³/mol. The number of thiophene rings is 1. The lowest BCUT2D eigenvalue weighted by molar-refractivity contribution is 0.668. The standard InChI is InChI=1S/C41H24N2OS/c1-3-10-36-30(6-1)34-22-27(29-8-5-9-33-32-7-2-4-11-40(32)45-41(29)33)15-19-37(34)43(36)28-16-12-25(13-17-28)26-14-18-31-35-24-42-21-20-38(35)44-39(31)23-26/h1-24H. The van der Waals surface area contributed by atoms with Crippen molar-refractivity contribution >= 4 is 75.3 Å².